The molecular weight excluding hydrogens is 284 g/mol. The van der Waals surface area contributed by atoms with Crippen molar-refractivity contribution in [3.63, 3.8) is 0 Å². The molecule has 10 radical (unpaired) electrons. The van der Waals surface area contributed by atoms with E-state index in [4.69, 9.17) is 0 Å². The molecule has 0 spiro atoms. The summed E-state index contributed by atoms with van der Waals surface area (Å²) in [6.07, 6.45) is 18.0. The van der Waals surface area contributed by atoms with Gasteiger partial charge in [-0.2, -0.15) is 0 Å². The summed E-state index contributed by atoms with van der Waals surface area (Å²) in [4.78, 5) is 0. The Morgan fingerprint density at radius 3 is 1.65 bits per heavy atom. The van der Waals surface area contributed by atoms with Crippen molar-refractivity contribution >= 4 is 0 Å². The third-order valence-electron chi connectivity index (χ3n) is 2.62. The average molecular weight is 300 g/mol. The minimum Gasteiger partial charge on any atom is -0.0888 e. The van der Waals surface area contributed by atoms with Crippen LogP contribution in [0.25, 0.3) is 0 Å². The van der Waals surface area contributed by atoms with E-state index in [-0.39, 0.29) is 17.1 Å². The van der Waals surface area contributed by atoms with E-state index >= 15 is 0 Å². The molecule has 20 heavy (non-hydrogen) atoms. The van der Waals surface area contributed by atoms with E-state index in [1.54, 1.807) is 0 Å². The molecule has 2 saturated carbocycles. The molecule has 1 aromatic rings. The molecule has 2 aliphatic rings. The Kier molecular flexibility index (Phi) is 8.75. The van der Waals surface area contributed by atoms with Crippen LogP contribution in [0.1, 0.15) is 11.1 Å². The van der Waals surface area contributed by atoms with Gasteiger partial charge in [0, 0.05) is 22.6 Å². The van der Waals surface area contributed by atoms with Gasteiger partial charge >= 0.3 is 0 Å². The van der Waals surface area contributed by atoms with E-state index in [1.165, 1.54) is 5.56 Å². The van der Waals surface area contributed by atoms with Crippen molar-refractivity contribution in [2.45, 2.75) is 6.92 Å². The second kappa shape index (κ2) is 10.1. The summed E-state index contributed by atoms with van der Waals surface area (Å²) >= 11 is 0. The zero-order chi connectivity index (χ0) is 13.3. The average Bonchev–Trinajstić information content (AvgIpc) is 3.14. The smallest absolute Gasteiger partial charge is 0.0558 e. The van der Waals surface area contributed by atoms with Gasteiger partial charge in [0.25, 0.3) is 0 Å². The van der Waals surface area contributed by atoms with Crippen LogP contribution in [0, 0.1) is 82.5 Å². The van der Waals surface area contributed by atoms with Gasteiger partial charge in [0.05, 0.1) is 5.92 Å². The van der Waals surface area contributed by atoms with E-state index < -0.39 is 0 Å². The van der Waals surface area contributed by atoms with Crippen molar-refractivity contribution < 1.29 is 17.1 Å². The number of hydrogen-bond acceptors (Lipinski definition) is 0. The Labute approximate surface area is 135 Å². The molecule has 0 nitrogen and oxygen atoms in total. The second-order valence-corrected chi connectivity index (χ2v) is 4.25. The van der Waals surface area contributed by atoms with Gasteiger partial charge < -0.3 is 0 Å². The number of aryl methyl sites for hydroxylation is 1. The fourth-order valence-corrected chi connectivity index (χ4v) is 1.56. The monoisotopic (exact) mass is 300 g/mol. The Morgan fingerprint density at radius 2 is 1.15 bits per heavy atom. The van der Waals surface area contributed by atoms with Crippen LogP contribution in [0.2, 0.25) is 0 Å². The molecule has 0 saturated heterocycles. The van der Waals surface area contributed by atoms with E-state index in [2.05, 4.69) is 30.9 Å². The maximum Gasteiger partial charge on any atom is 0.0558 e. The van der Waals surface area contributed by atoms with E-state index in [0.717, 1.165) is 11.5 Å². The predicted molar refractivity (Wildman–Crippen MR) is 80.0 cm³/mol. The molecule has 2 fully saturated rings. The van der Waals surface area contributed by atoms with Crippen molar-refractivity contribution in [2.24, 2.45) is 0 Å². The summed E-state index contributed by atoms with van der Waals surface area (Å²) in [6.45, 7) is 2.08. The summed E-state index contributed by atoms with van der Waals surface area (Å²) in [5.41, 5.74) is 2.33. The first-order valence-corrected chi connectivity index (χ1v) is 6.32. The molecular formula is C19H16Fe. The van der Waals surface area contributed by atoms with Crippen LogP contribution in [0.4, 0.5) is 0 Å². The standard InChI is InChI=1S/C14H11.C5H5.Fe/c1-12-6-8-14(9-7-12)11-10-13-4-2-3-5-13;1-2-4-5-3-1;/h2-9H,1H3;1-5H;. The predicted octanol–water partition coefficient (Wildman–Crippen LogP) is 3.77. The molecule has 0 amide bonds. The topological polar surface area (TPSA) is 0 Å². The Bertz CT molecular complexity index is 404. The maximum atomic E-state index is 3.12. The van der Waals surface area contributed by atoms with Crippen LogP contribution in [-0.2, 0) is 17.1 Å². The first kappa shape index (κ1) is 17.4. The second-order valence-electron chi connectivity index (χ2n) is 4.25. The molecule has 3 rings (SSSR count). The van der Waals surface area contributed by atoms with E-state index in [1.807, 2.05) is 69.9 Å². The van der Waals surface area contributed by atoms with Crippen molar-refractivity contribution in [3.8, 4) is 11.8 Å². The summed E-state index contributed by atoms with van der Waals surface area (Å²) < 4.78 is 0. The summed E-state index contributed by atoms with van der Waals surface area (Å²) in [5.74, 6) is 7.31. The van der Waals surface area contributed by atoms with Gasteiger partial charge in [-0.05, 0) is 76.8 Å². The Morgan fingerprint density at radius 1 is 0.650 bits per heavy atom. The quantitative estimate of drug-likeness (QED) is 0.505. The zero-order valence-electron chi connectivity index (χ0n) is 11.4. The first-order chi connectivity index (χ1) is 9.34. The fourth-order valence-electron chi connectivity index (χ4n) is 1.56. The van der Waals surface area contributed by atoms with Crippen LogP contribution in [0.3, 0.4) is 0 Å². The molecule has 1 heteroatoms. The van der Waals surface area contributed by atoms with Gasteiger partial charge in [0.2, 0.25) is 0 Å². The van der Waals surface area contributed by atoms with Crippen LogP contribution in [0.5, 0.6) is 0 Å². The molecule has 1 aromatic carbocycles. The number of hydrogen-bond donors (Lipinski definition) is 0. The summed E-state index contributed by atoms with van der Waals surface area (Å²) in [7, 11) is 0. The molecule has 0 heterocycles. The van der Waals surface area contributed by atoms with Crippen molar-refractivity contribution in [1.82, 2.24) is 0 Å². The van der Waals surface area contributed by atoms with E-state index in [9.17, 15) is 0 Å². The van der Waals surface area contributed by atoms with Gasteiger partial charge in [-0.25, -0.2) is 0 Å². The van der Waals surface area contributed by atoms with E-state index in [0.29, 0.717) is 0 Å². The number of rotatable bonds is 0. The van der Waals surface area contributed by atoms with Crippen molar-refractivity contribution in [1.29, 1.82) is 0 Å². The van der Waals surface area contributed by atoms with Crippen molar-refractivity contribution in [3.05, 3.63) is 99.1 Å². The molecule has 0 unspecified atom stereocenters. The Balaban J connectivity index is 0.000000283. The molecule has 2 aliphatic carbocycles. The fraction of sp³-hybridized carbons (Fsp3) is 0.0526. The van der Waals surface area contributed by atoms with Crippen LogP contribution in [-0.4, -0.2) is 0 Å². The van der Waals surface area contributed by atoms with Crippen LogP contribution < -0.4 is 0 Å². The first-order valence-electron chi connectivity index (χ1n) is 6.32. The SMILES string of the molecule is Cc1ccc(C#C[C]2[CH][CH][CH][CH]2)cc1.[CH]1[CH][CH][CH][CH]1.[Fe]. The molecule has 0 bridgehead atoms. The summed E-state index contributed by atoms with van der Waals surface area (Å²) in [5, 5.41) is 0. The molecule has 0 atom stereocenters. The minimum absolute atomic E-state index is 0. The van der Waals surface area contributed by atoms with Crippen LogP contribution in [0.15, 0.2) is 24.3 Å². The Hall–Kier alpha value is -0.701. The third kappa shape index (κ3) is 6.64. The van der Waals surface area contributed by atoms with Gasteiger partial charge in [-0.3, -0.25) is 0 Å². The third-order valence-corrected chi connectivity index (χ3v) is 2.62. The maximum absolute atomic E-state index is 3.12. The van der Waals surface area contributed by atoms with Crippen molar-refractivity contribution in [2.75, 3.05) is 0 Å². The molecule has 100 valence electrons. The summed E-state index contributed by atoms with van der Waals surface area (Å²) in [6, 6.07) is 8.25. The molecule has 0 aliphatic heterocycles. The van der Waals surface area contributed by atoms with Gasteiger partial charge in [-0.15, -0.1) is 0 Å². The van der Waals surface area contributed by atoms with Gasteiger partial charge in [0.15, 0.2) is 0 Å². The minimum atomic E-state index is 0. The normalized spacial score (nSPS) is 17.4. The zero-order valence-corrected chi connectivity index (χ0v) is 12.5. The molecule has 0 N–H and O–H groups in total. The van der Waals surface area contributed by atoms with Gasteiger partial charge in [-0.1, -0.05) is 29.5 Å². The number of benzene rings is 1. The molecule has 0 aromatic heterocycles. The van der Waals surface area contributed by atoms with Crippen LogP contribution >= 0.6 is 0 Å². The largest absolute Gasteiger partial charge is 0.0888 e. The van der Waals surface area contributed by atoms with Gasteiger partial charge in [0.1, 0.15) is 0 Å².